The summed E-state index contributed by atoms with van der Waals surface area (Å²) in [4.78, 5) is 4.13. The third-order valence-electron chi connectivity index (χ3n) is 1.75. The predicted octanol–water partition coefficient (Wildman–Crippen LogP) is 4.13. The Labute approximate surface area is 106 Å². The summed E-state index contributed by atoms with van der Waals surface area (Å²) in [5.41, 5.74) is 0. The van der Waals surface area contributed by atoms with Gasteiger partial charge in [-0.2, -0.15) is 0 Å². The van der Waals surface area contributed by atoms with Gasteiger partial charge in [0.2, 0.25) is 5.88 Å². The maximum Gasteiger partial charge on any atom is 0.232 e. The molecule has 0 radical (unpaired) electrons. The normalized spacial score (nSPS) is 10.0. The number of aromatic nitrogens is 1. The summed E-state index contributed by atoms with van der Waals surface area (Å²) in [5, 5.41) is 0.693. The van der Waals surface area contributed by atoms with E-state index in [9.17, 15) is 0 Å². The van der Waals surface area contributed by atoms with Crippen LogP contribution in [0.1, 0.15) is 0 Å². The molecule has 0 bridgehead atoms. The molecule has 1 aromatic carbocycles. The summed E-state index contributed by atoms with van der Waals surface area (Å²) in [6.45, 7) is 0. The Morgan fingerprint density at radius 2 is 1.87 bits per heavy atom. The van der Waals surface area contributed by atoms with Crippen LogP contribution in [0.2, 0.25) is 5.02 Å². The van der Waals surface area contributed by atoms with Crippen molar-refractivity contribution in [2.24, 2.45) is 0 Å². The van der Waals surface area contributed by atoms with E-state index in [4.69, 9.17) is 16.3 Å². The van der Waals surface area contributed by atoms with Crippen molar-refractivity contribution in [1.29, 1.82) is 0 Å². The van der Waals surface area contributed by atoms with E-state index in [1.165, 1.54) is 0 Å². The number of ether oxygens (including phenoxy) is 1. The predicted molar refractivity (Wildman–Crippen MR) is 68.5 cm³/mol. The van der Waals surface area contributed by atoms with Gasteiger partial charge >= 0.3 is 0 Å². The minimum Gasteiger partial charge on any atom is -0.438 e. The van der Waals surface area contributed by atoms with Crippen LogP contribution in [0.3, 0.4) is 0 Å². The molecule has 15 heavy (non-hydrogen) atoms. The topological polar surface area (TPSA) is 22.1 Å². The van der Waals surface area contributed by atoms with Crippen LogP contribution in [0.4, 0.5) is 0 Å². The van der Waals surface area contributed by atoms with E-state index in [1.54, 1.807) is 18.3 Å². The molecule has 0 unspecified atom stereocenters. The fourth-order valence-electron chi connectivity index (χ4n) is 1.06. The number of rotatable bonds is 2. The first-order valence-electron chi connectivity index (χ1n) is 4.29. The van der Waals surface area contributed by atoms with Crippen LogP contribution in [0.25, 0.3) is 0 Å². The highest BCUT2D eigenvalue weighted by Gasteiger charge is 2.02. The Bertz CT molecular complexity index is 458. The van der Waals surface area contributed by atoms with Crippen LogP contribution in [-0.4, -0.2) is 4.98 Å². The van der Waals surface area contributed by atoms with E-state index in [0.717, 1.165) is 9.32 Å². The Morgan fingerprint density at radius 1 is 1.13 bits per heavy atom. The summed E-state index contributed by atoms with van der Waals surface area (Å²) >= 11 is 7.95. The average Bonchev–Trinajstić information content (AvgIpc) is 2.25. The van der Waals surface area contributed by atoms with E-state index < -0.39 is 0 Å². The summed E-state index contributed by atoms with van der Waals surface area (Å²) in [6, 6.07) is 11.0. The number of benzene rings is 1. The molecular weight excluding hydrogens is 324 g/mol. The molecule has 0 atom stereocenters. The van der Waals surface area contributed by atoms with Crippen LogP contribution >= 0.6 is 34.2 Å². The average molecular weight is 332 g/mol. The van der Waals surface area contributed by atoms with Gasteiger partial charge < -0.3 is 4.74 Å². The molecule has 0 spiro atoms. The van der Waals surface area contributed by atoms with E-state index in [-0.39, 0.29) is 0 Å². The maximum atomic E-state index is 5.77. The van der Waals surface area contributed by atoms with Crippen molar-refractivity contribution in [2.75, 3.05) is 0 Å². The molecule has 0 aliphatic heterocycles. The first-order valence-corrected chi connectivity index (χ1v) is 5.75. The molecule has 4 heteroatoms. The van der Waals surface area contributed by atoms with Gasteiger partial charge in [-0.1, -0.05) is 11.6 Å². The summed E-state index contributed by atoms with van der Waals surface area (Å²) in [6.07, 6.45) is 1.70. The van der Waals surface area contributed by atoms with E-state index >= 15 is 0 Å². The van der Waals surface area contributed by atoms with Crippen LogP contribution in [0.5, 0.6) is 11.6 Å². The first-order chi connectivity index (χ1) is 7.25. The molecule has 1 aromatic heterocycles. The highest BCUT2D eigenvalue weighted by molar-refractivity contribution is 14.1. The third-order valence-corrected chi connectivity index (χ3v) is 2.83. The molecule has 2 rings (SSSR count). The zero-order chi connectivity index (χ0) is 10.7. The number of pyridine rings is 1. The number of hydrogen-bond donors (Lipinski definition) is 0. The molecule has 0 aliphatic carbocycles. The highest BCUT2D eigenvalue weighted by atomic mass is 127. The number of hydrogen-bond acceptors (Lipinski definition) is 2. The molecule has 0 fully saturated rings. The Hall–Kier alpha value is -0.810. The SMILES string of the molecule is Clc1ccc(Oc2ncccc2I)cc1. The van der Waals surface area contributed by atoms with Crippen molar-refractivity contribution in [1.82, 2.24) is 4.98 Å². The smallest absolute Gasteiger partial charge is 0.232 e. The molecule has 0 amide bonds. The second kappa shape index (κ2) is 4.81. The molecule has 2 nitrogen and oxygen atoms in total. The zero-order valence-electron chi connectivity index (χ0n) is 7.65. The van der Waals surface area contributed by atoms with Crippen LogP contribution in [-0.2, 0) is 0 Å². The van der Waals surface area contributed by atoms with Crippen molar-refractivity contribution in [3.8, 4) is 11.6 Å². The first kappa shape index (κ1) is 10.7. The minimum atomic E-state index is 0.612. The quantitative estimate of drug-likeness (QED) is 0.772. The molecule has 1 heterocycles. The molecule has 2 aromatic rings. The molecule has 0 saturated carbocycles. The molecule has 0 N–H and O–H groups in total. The second-order valence-corrected chi connectivity index (χ2v) is 4.44. The molecule has 0 saturated heterocycles. The maximum absolute atomic E-state index is 5.77. The van der Waals surface area contributed by atoms with Crippen molar-refractivity contribution in [3.05, 3.63) is 51.2 Å². The second-order valence-electron chi connectivity index (χ2n) is 2.85. The van der Waals surface area contributed by atoms with Crippen molar-refractivity contribution in [3.63, 3.8) is 0 Å². The van der Waals surface area contributed by atoms with E-state index in [0.29, 0.717) is 10.9 Å². The summed E-state index contributed by atoms with van der Waals surface area (Å²) < 4.78 is 6.56. The Kier molecular flexibility index (Phi) is 3.43. The molecule has 0 aliphatic rings. The minimum absolute atomic E-state index is 0.612. The standard InChI is InChI=1S/C11H7ClINO/c12-8-3-5-9(6-4-8)15-11-10(13)2-1-7-14-11/h1-7H. The molecule has 76 valence electrons. The monoisotopic (exact) mass is 331 g/mol. The van der Waals surface area contributed by atoms with Crippen molar-refractivity contribution in [2.45, 2.75) is 0 Å². The van der Waals surface area contributed by atoms with Gasteiger partial charge in [0.15, 0.2) is 0 Å². The Balaban J connectivity index is 2.22. The Morgan fingerprint density at radius 3 is 2.53 bits per heavy atom. The highest BCUT2D eigenvalue weighted by Crippen LogP contribution is 2.24. The lowest BCUT2D eigenvalue weighted by atomic mass is 10.3. The van der Waals surface area contributed by atoms with E-state index in [1.807, 2.05) is 24.3 Å². The largest absolute Gasteiger partial charge is 0.438 e. The summed E-state index contributed by atoms with van der Waals surface area (Å²) in [7, 11) is 0. The number of halogens is 2. The van der Waals surface area contributed by atoms with Gasteiger partial charge in [-0.3, -0.25) is 0 Å². The zero-order valence-corrected chi connectivity index (χ0v) is 10.6. The molecular formula is C11H7ClINO. The van der Waals surface area contributed by atoms with Gasteiger partial charge in [-0.15, -0.1) is 0 Å². The fourth-order valence-corrected chi connectivity index (χ4v) is 1.64. The van der Waals surface area contributed by atoms with Gasteiger partial charge in [0.1, 0.15) is 5.75 Å². The number of nitrogens with zero attached hydrogens (tertiary/aromatic N) is 1. The lowest BCUT2D eigenvalue weighted by Gasteiger charge is -2.05. The van der Waals surface area contributed by atoms with Crippen LogP contribution in [0.15, 0.2) is 42.6 Å². The van der Waals surface area contributed by atoms with Gasteiger partial charge in [0.05, 0.1) is 3.57 Å². The van der Waals surface area contributed by atoms with Gasteiger partial charge in [-0.05, 0) is 59.0 Å². The lowest BCUT2D eigenvalue weighted by Crippen LogP contribution is -1.89. The van der Waals surface area contributed by atoms with E-state index in [2.05, 4.69) is 27.6 Å². The van der Waals surface area contributed by atoms with Crippen LogP contribution in [0, 0.1) is 3.57 Å². The fraction of sp³-hybridized carbons (Fsp3) is 0. The van der Waals surface area contributed by atoms with Gasteiger partial charge in [0, 0.05) is 11.2 Å². The van der Waals surface area contributed by atoms with Crippen molar-refractivity contribution >= 4 is 34.2 Å². The lowest BCUT2D eigenvalue weighted by molar-refractivity contribution is 0.459. The summed E-state index contributed by atoms with van der Waals surface area (Å²) in [5.74, 6) is 1.34. The third kappa shape index (κ3) is 2.82. The van der Waals surface area contributed by atoms with Gasteiger partial charge in [0.25, 0.3) is 0 Å². The van der Waals surface area contributed by atoms with Gasteiger partial charge in [-0.25, -0.2) is 4.98 Å². The van der Waals surface area contributed by atoms with Crippen LogP contribution < -0.4 is 4.74 Å². The van der Waals surface area contributed by atoms with Crippen molar-refractivity contribution < 1.29 is 4.74 Å².